The second-order valence-corrected chi connectivity index (χ2v) is 5.67. The molecule has 1 atom stereocenters. The smallest absolute Gasteiger partial charge is 0.120 e. The summed E-state index contributed by atoms with van der Waals surface area (Å²) in [6, 6.07) is 12.6. The lowest BCUT2D eigenvalue weighted by Crippen LogP contribution is -2.30. The molecule has 2 N–H and O–H groups in total. The molecule has 0 bridgehead atoms. The van der Waals surface area contributed by atoms with Gasteiger partial charge in [0.25, 0.3) is 0 Å². The topological polar surface area (TPSA) is 35.2 Å². The number of hydrogen-bond donors (Lipinski definition) is 1. The average molecular weight is 331 g/mol. The standard InChI is InChI=1S/C15H14Cl3NO/c16-11-4-2-5-13(8-11)20-9-12(19)7-10-3-1-6-14(17)15(10)18/h1-6,8,12H,7,9,19H2. The van der Waals surface area contributed by atoms with Crippen LogP contribution in [0.2, 0.25) is 15.1 Å². The Bertz CT molecular complexity index is 589. The second kappa shape index (κ2) is 7.19. The minimum atomic E-state index is -0.176. The van der Waals surface area contributed by atoms with Crippen molar-refractivity contribution in [1.29, 1.82) is 0 Å². The first-order valence-electron chi connectivity index (χ1n) is 6.13. The van der Waals surface area contributed by atoms with E-state index in [9.17, 15) is 0 Å². The van der Waals surface area contributed by atoms with E-state index >= 15 is 0 Å². The highest BCUT2D eigenvalue weighted by Gasteiger charge is 2.10. The molecule has 2 rings (SSSR count). The Hall–Kier alpha value is -0.930. The number of ether oxygens (including phenoxy) is 1. The fourth-order valence-corrected chi connectivity index (χ4v) is 2.39. The third kappa shape index (κ3) is 4.29. The average Bonchev–Trinajstić information content (AvgIpc) is 2.42. The zero-order chi connectivity index (χ0) is 14.5. The summed E-state index contributed by atoms with van der Waals surface area (Å²) < 4.78 is 5.61. The van der Waals surface area contributed by atoms with E-state index in [4.69, 9.17) is 45.3 Å². The molecule has 20 heavy (non-hydrogen) atoms. The number of hydrogen-bond acceptors (Lipinski definition) is 2. The molecule has 0 spiro atoms. The molecule has 1 unspecified atom stereocenters. The van der Waals surface area contributed by atoms with Crippen molar-refractivity contribution in [2.45, 2.75) is 12.5 Å². The fraction of sp³-hybridized carbons (Fsp3) is 0.200. The number of nitrogens with two attached hydrogens (primary N) is 1. The van der Waals surface area contributed by atoms with Gasteiger partial charge in [-0.3, -0.25) is 0 Å². The lowest BCUT2D eigenvalue weighted by molar-refractivity contribution is 0.287. The molecule has 0 amide bonds. The van der Waals surface area contributed by atoms with E-state index in [1.165, 1.54) is 0 Å². The van der Waals surface area contributed by atoms with Gasteiger partial charge in [0.15, 0.2) is 0 Å². The van der Waals surface area contributed by atoms with Crippen molar-refractivity contribution in [3.8, 4) is 5.75 Å². The molecule has 0 radical (unpaired) electrons. The molecule has 0 aliphatic rings. The van der Waals surface area contributed by atoms with Crippen LogP contribution in [0.1, 0.15) is 5.56 Å². The van der Waals surface area contributed by atoms with Gasteiger partial charge in [0.05, 0.1) is 10.0 Å². The monoisotopic (exact) mass is 329 g/mol. The molecule has 2 nitrogen and oxygen atoms in total. The van der Waals surface area contributed by atoms with Gasteiger partial charge in [-0.2, -0.15) is 0 Å². The second-order valence-electron chi connectivity index (χ2n) is 4.45. The van der Waals surface area contributed by atoms with Gasteiger partial charge in [0.1, 0.15) is 12.4 Å². The molecular formula is C15H14Cl3NO. The fourth-order valence-electron chi connectivity index (χ4n) is 1.81. The Morgan fingerprint density at radius 3 is 2.55 bits per heavy atom. The summed E-state index contributed by atoms with van der Waals surface area (Å²) >= 11 is 18.0. The Morgan fingerprint density at radius 2 is 1.80 bits per heavy atom. The summed E-state index contributed by atoms with van der Waals surface area (Å²) in [6.45, 7) is 0.378. The molecule has 2 aromatic carbocycles. The van der Waals surface area contributed by atoms with Crippen LogP contribution in [0.5, 0.6) is 5.75 Å². The minimum absolute atomic E-state index is 0.176. The Labute approximate surface area is 133 Å². The van der Waals surface area contributed by atoms with Crippen molar-refractivity contribution in [1.82, 2.24) is 0 Å². The predicted molar refractivity (Wildman–Crippen MR) is 85.1 cm³/mol. The maximum Gasteiger partial charge on any atom is 0.120 e. The lowest BCUT2D eigenvalue weighted by Gasteiger charge is -2.14. The molecule has 0 aliphatic heterocycles. The van der Waals surface area contributed by atoms with Crippen molar-refractivity contribution in [3.63, 3.8) is 0 Å². The van der Waals surface area contributed by atoms with Crippen LogP contribution < -0.4 is 10.5 Å². The number of rotatable bonds is 5. The lowest BCUT2D eigenvalue weighted by atomic mass is 10.1. The van der Waals surface area contributed by atoms with Gasteiger partial charge in [-0.15, -0.1) is 0 Å². The normalized spacial score (nSPS) is 12.2. The van der Waals surface area contributed by atoms with Gasteiger partial charge in [-0.05, 0) is 36.2 Å². The predicted octanol–water partition coefficient (Wildman–Crippen LogP) is 4.60. The molecule has 0 aromatic heterocycles. The van der Waals surface area contributed by atoms with Crippen LogP contribution >= 0.6 is 34.8 Å². The first-order chi connectivity index (χ1) is 9.56. The summed E-state index contributed by atoms with van der Waals surface area (Å²) in [4.78, 5) is 0. The van der Waals surface area contributed by atoms with E-state index in [-0.39, 0.29) is 6.04 Å². The van der Waals surface area contributed by atoms with Gasteiger partial charge in [-0.1, -0.05) is 53.0 Å². The number of halogens is 3. The van der Waals surface area contributed by atoms with Gasteiger partial charge >= 0.3 is 0 Å². The van der Waals surface area contributed by atoms with Crippen LogP contribution in [0.25, 0.3) is 0 Å². The van der Waals surface area contributed by atoms with E-state index in [0.717, 1.165) is 5.56 Å². The van der Waals surface area contributed by atoms with E-state index in [0.29, 0.717) is 33.8 Å². The summed E-state index contributed by atoms with van der Waals surface area (Å²) in [5.41, 5.74) is 6.97. The molecule has 106 valence electrons. The van der Waals surface area contributed by atoms with E-state index in [1.807, 2.05) is 24.3 Å². The largest absolute Gasteiger partial charge is 0.492 e. The molecule has 0 saturated heterocycles. The molecule has 0 aliphatic carbocycles. The molecule has 0 saturated carbocycles. The van der Waals surface area contributed by atoms with E-state index in [2.05, 4.69) is 0 Å². The third-order valence-corrected chi connectivity index (χ3v) is 3.87. The van der Waals surface area contributed by atoms with Crippen LogP contribution in [0, 0.1) is 0 Å². The molecule has 0 fully saturated rings. The van der Waals surface area contributed by atoms with Crippen LogP contribution in [0.3, 0.4) is 0 Å². The van der Waals surface area contributed by atoms with Gasteiger partial charge in [-0.25, -0.2) is 0 Å². The summed E-state index contributed by atoms with van der Waals surface area (Å²) in [5, 5.41) is 1.72. The first-order valence-corrected chi connectivity index (χ1v) is 7.26. The summed E-state index contributed by atoms with van der Waals surface area (Å²) in [6.07, 6.45) is 0.597. The third-order valence-electron chi connectivity index (χ3n) is 2.77. The van der Waals surface area contributed by atoms with Crippen LogP contribution in [0.4, 0.5) is 0 Å². The van der Waals surface area contributed by atoms with Gasteiger partial charge in [0, 0.05) is 11.1 Å². The quantitative estimate of drug-likeness (QED) is 0.870. The highest BCUT2D eigenvalue weighted by Crippen LogP contribution is 2.26. The Morgan fingerprint density at radius 1 is 1.05 bits per heavy atom. The van der Waals surface area contributed by atoms with Gasteiger partial charge < -0.3 is 10.5 Å². The highest BCUT2D eigenvalue weighted by atomic mass is 35.5. The van der Waals surface area contributed by atoms with E-state index < -0.39 is 0 Å². The summed E-state index contributed by atoms with van der Waals surface area (Å²) in [5.74, 6) is 0.699. The van der Waals surface area contributed by atoms with Crippen LogP contribution in [-0.2, 0) is 6.42 Å². The van der Waals surface area contributed by atoms with Crippen molar-refractivity contribution < 1.29 is 4.74 Å². The Kier molecular flexibility index (Phi) is 5.55. The first kappa shape index (κ1) is 15.5. The molecule has 2 aromatic rings. The zero-order valence-electron chi connectivity index (χ0n) is 10.7. The maximum absolute atomic E-state index is 6.13. The number of benzene rings is 2. The van der Waals surface area contributed by atoms with Crippen molar-refractivity contribution in [2.75, 3.05) is 6.61 Å². The van der Waals surface area contributed by atoms with Crippen molar-refractivity contribution in [3.05, 3.63) is 63.1 Å². The van der Waals surface area contributed by atoms with Crippen molar-refractivity contribution in [2.24, 2.45) is 5.73 Å². The summed E-state index contributed by atoms with van der Waals surface area (Å²) in [7, 11) is 0. The zero-order valence-corrected chi connectivity index (χ0v) is 12.9. The minimum Gasteiger partial charge on any atom is -0.492 e. The highest BCUT2D eigenvalue weighted by molar-refractivity contribution is 6.42. The van der Waals surface area contributed by atoms with E-state index in [1.54, 1.807) is 18.2 Å². The molecule has 0 heterocycles. The van der Waals surface area contributed by atoms with Crippen LogP contribution in [-0.4, -0.2) is 12.6 Å². The SMILES string of the molecule is NC(COc1cccc(Cl)c1)Cc1cccc(Cl)c1Cl. The molecular weight excluding hydrogens is 317 g/mol. The van der Waals surface area contributed by atoms with Gasteiger partial charge in [0.2, 0.25) is 0 Å². The maximum atomic E-state index is 6.13. The van der Waals surface area contributed by atoms with Crippen molar-refractivity contribution >= 4 is 34.8 Å². The Balaban J connectivity index is 1.92. The molecule has 5 heteroatoms. The van der Waals surface area contributed by atoms with Crippen LogP contribution in [0.15, 0.2) is 42.5 Å².